The summed E-state index contributed by atoms with van der Waals surface area (Å²) >= 11 is 11.1. The van der Waals surface area contributed by atoms with E-state index in [1.165, 1.54) is 0 Å². The van der Waals surface area contributed by atoms with Gasteiger partial charge >= 0.3 is 0 Å². The molecule has 1 heterocycles. The lowest BCUT2D eigenvalue weighted by Gasteiger charge is -2.15. The summed E-state index contributed by atoms with van der Waals surface area (Å²) in [6, 6.07) is 0.820. The van der Waals surface area contributed by atoms with Crippen molar-refractivity contribution in [1.29, 1.82) is 0 Å². The van der Waals surface area contributed by atoms with Gasteiger partial charge in [-0.2, -0.15) is 16.8 Å². The molecule has 0 aromatic rings. The largest absolute Gasteiger partial charge is 0.290 e. The molecule has 1 rings (SSSR count). The maximum Gasteiger partial charge on any atom is 0.267 e. The Morgan fingerprint density at radius 3 is 1.61 bits per heavy atom. The molecule has 0 unspecified atom stereocenters. The smallest absolute Gasteiger partial charge is 0.267 e. The molecule has 0 aromatic heterocycles. The molecule has 1 saturated heterocycles. The van der Waals surface area contributed by atoms with Gasteiger partial charge in [0.05, 0.1) is 35.9 Å². The number of hydrogen-bond acceptors (Lipinski definition) is 9. The van der Waals surface area contributed by atoms with Gasteiger partial charge in [0.15, 0.2) is 0 Å². The Kier molecular flexibility index (Phi) is 19.5. The van der Waals surface area contributed by atoms with Crippen LogP contribution < -0.4 is 0 Å². The fourth-order valence-corrected chi connectivity index (χ4v) is 4.85. The van der Waals surface area contributed by atoms with E-state index in [0.717, 1.165) is 13.1 Å². The van der Waals surface area contributed by atoms with E-state index in [4.69, 9.17) is 38.4 Å². The lowest BCUT2D eigenvalue weighted by Crippen LogP contribution is -2.24. The number of halogens is 3. The van der Waals surface area contributed by atoms with Crippen LogP contribution in [-0.4, -0.2) is 102 Å². The molecule has 31 heavy (non-hydrogen) atoms. The molecule has 0 radical (unpaired) electrons. The van der Waals surface area contributed by atoms with E-state index in [9.17, 15) is 25.3 Å². The average molecular weight is 572 g/mol. The summed E-state index contributed by atoms with van der Waals surface area (Å²) in [6.45, 7) is 7.17. The van der Waals surface area contributed by atoms with Gasteiger partial charge in [0.25, 0.3) is 20.2 Å². The lowest BCUT2D eigenvalue weighted by atomic mass is 10.4. The van der Waals surface area contributed by atoms with Gasteiger partial charge in [0.2, 0.25) is 9.05 Å². The van der Waals surface area contributed by atoms with Gasteiger partial charge in [0.1, 0.15) is 0 Å². The topological polar surface area (TPSA) is 138 Å². The third-order valence-corrected chi connectivity index (χ3v) is 7.81. The van der Waals surface area contributed by atoms with Crippen molar-refractivity contribution in [2.75, 3.05) is 62.1 Å². The molecule has 1 aliphatic heterocycles. The number of hydrogen-bond donors (Lipinski definition) is 1. The van der Waals surface area contributed by atoms with E-state index in [1.54, 1.807) is 0 Å². The zero-order valence-electron chi connectivity index (χ0n) is 17.8. The Morgan fingerprint density at radius 1 is 0.935 bits per heavy atom. The summed E-state index contributed by atoms with van der Waals surface area (Å²) in [7, 11) is -5.16. The van der Waals surface area contributed by atoms with E-state index in [-0.39, 0.29) is 17.3 Å². The minimum Gasteiger partial charge on any atom is -0.290 e. The van der Waals surface area contributed by atoms with Gasteiger partial charge < -0.3 is 0 Å². The van der Waals surface area contributed by atoms with Crippen LogP contribution in [0.25, 0.3) is 0 Å². The van der Waals surface area contributed by atoms with Crippen LogP contribution in [0.5, 0.6) is 0 Å². The van der Waals surface area contributed by atoms with Crippen molar-refractivity contribution < 1.29 is 34.0 Å². The van der Waals surface area contributed by atoms with Crippen LogP contribution in [0.3, 0.4) is 0 Å². The minimum absolute atomic E-state index is 0.0158. The molecule has 0 aliphatic carbocycles. The molecule has 1 N–H and O–H groups in total. The third-order valence-electron chi connectivity index (χ3n) is 3.77. The molecule has 1 fully saturated rings. The average Bonchev–Trinajstić information content (AvgIpc) is 3.06. The predicted octanol–water partition coefficient (Wildman–Crippen LogP) is 1.98. The van der Waals surface area contributed by atoms with Gasteiger partial charge in [-0.1, -0.05) is 13.8 Å². The van der Waals surface area contributed by atoms with Gasteiger partial charge in [-0.05, 0) is 32.4 Å². The Hall–Kier alpha value is 0.560. The van der Waals surface area contributed by atoms with E-state index >= 15 is 0 Å². The zero-order valence-corrected chi connectivity index (χ0v) is 22.5. The van der Waals surface area contributed by atoms with Crippen molar-refractivity contribution in [2.24, 2.45) is 0 Å². The second-order valence-corrected chi connectivity index (χ2v) is 13.0. The zero-order chi connectivity index (χ0) is 24.6. The first-order valence-corrected chi connectivity index (χ1v) is 16.2. The molecule has 1 aliphatic rings. The van der Waals surface area contributed by atoms with Gasteiger partial charge in [-0.25, -0.2) is 8.42 Å². The Morgan fingerprint density at radius 2 is 1.39 bits per heavy atom. The summed E-state index contributed by atoms with van der Waals surface area (Å²) in [4.78, 5) is 3.82. The molecular formula is C15H33Cl3N2O8S3. The maximum atomic E-state index is 10.5. The van der Waals surface area contributed by atoms with Crippen molar-refractivity contribution in [3.8, 4) is 0 Å². The van der Waals surface area contributed by atoms with Crippen molar-refractivity contribution in [3.05, 3.63) is 0 Å². The van der Waals surface area contributed by atoms with Gasteiger partial charge in [-0.15, -0.1) is 23.2 Å². The number of alkyl halides is 2. The minimum atomic E-state index is -3.81. The number of nitrogens with zero attached hydrogens (tertiary/aromatic N) is 2. The third kappa shape index (κ3) is 25.0. The predicted molar refractivity (Wildman–Crippen MR) is 126 cm³/mol. The molecule has 0 atom stereocenters. The highest BCUT2D eigenvalue weighted by Gasteiger charge is 2.16. The summed E-state index contributed by atoms with van der Waals surface area (Å²) in [5.74, 6) is 0.0231. The number of rotatable bonds is 12. The van der Waals surface area contributed by atoms with Gasteiger partial charge in [0, 0.05) is 23.8 Å². The summed E-state index contributed by atoms with van der Waals surface area (Å²) < 4.78 is 74.7. The van der Waals surface area contributed by atoms with E-state index in [0.29, 0.717) is 51.0 Å². The van der Waals surface area contributed by atoms with Crippen molar-refractivity contribution in [1.82, 2.24) is 9.80 Å². The molecule has 10 nitrogen and oxygen atoms in total. The molecule has 0 aromatic carbocycles. The molecule has 190 valence electrons. The summed E-state index contributed by atoms with van der Waals surface area (Å²) in [5, 5.41) is 0. The van der Waals surface area contributed by atoms with Gasteiger partial charge in [-0.3, -0.25) is 18.5 Å². The second-order valence-electron chi connectivity index (χ2n) is 6.33. The van der Waals surface area contributed by atoms with Crippen LogP contribution in [0.15, 0.2) is 0 Å². The first-order valence-electron chi connectivity index (χ1n) is 9.50. The lowest BCUT2D eigenvalue weighted by molar-refractivity contribution is 0.335. The summed E-state index contributed by atoms with van der Waals surface area (Å²) in [5.41, 5.74) is 0. The second kappa shape index (κ2) is 18.0. The first kappa shape index (κ1) is 33.7. The van der Waals surface area contributed by atoms with Crippen LogP contribution in [-0.2, 0) is 33.5 Å². The molecule has 0 saturated carbocycles. The van der Waals surface area contributed by atoms with Crippen LogP contribution in [0.2, 0.25) is 0 Å². The highest BCUT2D eigenvalue weighted by Crippen LogP contribution is 2.05. The highest BCUT2D eigenvalue weighted by atomic mass is 35.7. The monoisotopic (exact) mass is 570 g/mol. The summed E-state index contributed by atoms with van der Waals surface area (Å²) in [6.07, 6.45) is 1.61. The Balaban J connectivity index is 0. The van der Waals surface area contributed by atoms with Crippen molar-refractivity contribution in [2.45, 2.75) is 33.1 Å². The molecular weight excluding hydrogens is 539 g/mol. The fourth-order valence-electron chi connectivity index (χ4n) is 2.02. The van der Waals surface area contributed by atoms with Crippen molar-refractivity contribution >= 4 is 63.2 Å². The van der Waals surface area contributed by atoms with Crippen LogP contribution in [0, 0.1) is 0 Å². The first-order chi connectivity index (χ1) is 14.2. The van der Waals surface area contributed by atoms with E-state index in [1.807, 2.05) is 23.6 Å². The van der Waals surface area contributed by atoms with Crippen LogP contribution in [0.1, 0.15) is 33.1 Å². The van der Waals surface area contributed by atoms with E-state index in [2.05, 4.69) is 4.18 Å². The normalized spacial score (nSPS) is 15.9. The van der Waals surface area contributed by atoms with Crippen molar-refractivity contribution in [3.63, 3.8) is 0 Å². The SMILES string of the molecule is CCN(CCl)CCCS(=O)(=O)Cl.CCN(CCl)CCCS(=O)(=O)O.O=S1(=O)CCCO1. The standard InChI is InChI=1S/C6H13Cl2NO2S.C6H14ClNO3S.C3H6O3S/c1-2-9(6-7)4-3-5-12(8,10)11;1-2-8(6-7)4-3-5-12(9,10)11;4-7(5)3-1-2-6-7/h2-6H2,1H3;2-6H2,1H3,(H,9,10,11);1-3H2. The molecule has 0 spiro atoms. The Labute approximate surface area is 201 Å². The van der Waals surface area contributed by atoms with E-state index < -0.39 is 29.3 Å². The molecule has 16 heteroatoms. The van der Waals surface area contributed by atoms with Crippen LogP contribution >= 0.6 is 33.9 Å². The maximum absolute atomic E-state index is 10.5. The fraction of sp³-hybridized carbons (Fsp3) is 1.00. The van der Waals surface area contributed by atoms with Crippen LogP contribution in [0.4, 0.5) is 0 Å². The Bertz CT molecular complexity index is 698. The molecule has 0 bridgehead atoms. The highest BCUT2D eigenvalue weighted by molar-refractivity contribution is 8.13. The quantitative estimate of drug-likeness (QED) is 0.122. The molecule has 0 amide bonds.